The van der Waals surface area contributed by atoms with Crippen molar-refractivity contribution >= 4 is 23.3 Å². The maximum Gasteiger partial charge on any atom is 0.416 e. The Hall–Kier alpha value is -3.88. The predicted octanol–water partition coefficient (Wildman–Crippen LogP) is 5.93. The Morgan fingerprint density at radius 1 is 0.941 bits per heavy atom. The summed E-state index contributed by atoms with van der Waals surface area (Å²) < 4.78 is 51.5. The van der Waals surface area contributed by atoms with Gasteiger partial charge in [-0.2, -0.15) is 13.2 Å². The Labute approximate surface area is 193 Å². The van der Waals surface area contributed by atoms with E-state index in [1.54, 1.807) is 46.2 Å². The number of halogens is 4. The largest absolute Gasteiger partial charge is 0.416 e. The number of carbonyl (C=O) groups is 2. The number of hydrogen-bond acceptors (Lipinski definition) is 2. The first-order valence-electron chi connectivity index (χ1n) is 10.6. The van der Waals surface area contributed by atoms with E-state index in [9.17, 15) is 27.2 Å². The van der Waals surface area contributed by atoms with E-state index < -0.39 is 17.6 Å². The van der Waals surface area contributed by atoms with E-state index in [1.807, 2.05) is 0 Å². The topological polar surface area (TPSA) is 52.7 Å². The summed E-state index contributed by atoms with van der Waals surface area (Å²) in [6.07, 6.45) is -3.73. The highest BCUT2D eigenvalue weighted by atomic mass is 19.4. The van der Waals surface area contributed by atoms with Crippen molar-refractivity contribution in [2.24, 2.45) is 0 Å². The molecule has 4 rings (SSSR count). The summed E-state index contributed by atoms with van der Waals surface area (Å²) >= 11 is 0. The molecule has 5 nitrogen and oxygen atoms in total. The summed E-state index contributed by atoms with van der Waals surface area (Å²) in [6, 6.07) is 16.5. The van der Waals surface area contributed by atoms with Gasteiger partial charge >= 0.3 is 12.2 Å². The summed E-state index contributed by atoms with van der Waals surface area (Å²) in [5.41, 5.74) is 1.05. The van der Waals surface area contributed by atoms with Gasteiger partial charge in [0.05, 0.1) is 5.56 Å². The van der Waals surface area contributed by atoms with Gasteiger partial charge in [-0.15, -0.1) is 0 Å². The zero-order valence-corrected chi connectivity index (χ0v) is 18.0. The number of nitrogens with one attached hydrogen (secondary N) is 1. The van der Waals surface area contributed by atoms with E-state index in [1.165, 1.54) is 12.1 Å². The van der Waals surface area contributed by atoms with Crippen LogP contribution < -0.4 is 10.2 Å². The molecule has 34 heavy (non-hydrogen) atoms. The Balaban J connectivity index is 1.40. The highest BCUT2D eigenvalue weighted by Gasteiger charge is 2.30. The molecule has 3 amide bonds. The number of hydrogen-bond donors (Lipinski definition) is 1. The minimum absolute atomic E-state index is 0.0938. The van der Waals surface area contributed by atoms with Gasteiger partial charge in [-0.05, 0) is 72.6 Å². The highest BCUT2D eigenvalue weighted by molar-refractivity contribution is 6.04. The molecule has 1 saturated heterocycles. The number of urea groups is 1. The lowest BCUT2D eigenvalue weighted by Crippen LogP contribution is -2.49. The lowest BCUT2D eigenvalue weighted by atomic mass is 10.1. The fraction of sp³-hybridized carbons (Fsp3) is 0.200. The summed E-state index contributed by atoms with van der Waals surface area (Å²) in [6.45, 7) is 1.39. The van der Waals surface area contributed by atoms with E-state index in [-0.39, 0.29) is 17.4 Å². The van der Waals surface area contributed by atoms with Crippen molar-refractivity contribution in [3.05, 3.63) is 95.3 Å². The fourth-order valence-electron chi connectivity index (χ4n) is 3.76. The van der Waals surface area contributed by atoms with Crippen molar-refractivity contribution in [2.75, 3.05) is 23.3 Å². The van der Waals surface area contributed by atoms with E-state index >= 15 is 0 Å². The number of nitrogens with zero attached hydrogens (tertiary/aromatic N) is 2. The molecule has 0 bridgehead atoms. The maximum atomic E-state index is 13.5. The SMILES string of the molecule is O=C(Nc1ccc(N2CCCN(Cc3cccc(F)c3)C2=O)cc1)c1ccc(C(F)(F)F)cc1. The molecular formula is C25H21F4N3O2. The molecule has 0 spiro atoms. The van der Waals surface area contributed by atoms with Crippen LogP contribution in [-0.2, 0) is 12.7 Å². The number of alkyl halides is 3. The number of amides is 3. The predicted molar refractivity (Wildman–Crippen MR) is 120 cm³/mol. The molecule has 0 aliphatic carbocycles. The molecule has 0 aromatic heterocycles. The second-order valence-corrected chi connectivity index (χ2v) is 7.92. The number of carbonyl (C=O) groups excluding carboxylic acids is 2. The Morgan fingerprint density at radius 3 is 2.29 bits per heavy atom. The van der Waals surface area contributed by atoms with Gasteiger partial charge in [-0.1, -0.05) is 12.1 Å². The molecule has 176 valence electrons. The summed E-state index contributed by atoms with van der Waals surface area (Å²) in [7, 11) is 0. The normalized spacial score (nSPS) is 14.3. The Kier molecular flexibility index (Phi) is 6.54. The smallest absolute Gasteiger partial charge is 0.322 e. The van der Waals surface area contributed by atoms with Crippen molar-refractivity contribution in [3.63, 3.8) is 0 Å². The van der Waals surface area contributed by atoms with E-state index in [0.29, 0.717) is 36.6 Å². The summed E-state index contributed by atoms with van der Waals surface area (Å²) in [5, 5.41) is 2.63. The molecule has 1 fully saturated rings. The van der Waals surface area contributed by atoms with Crippen molar-refractivity contribution in [2.45, 2.75) is 19.1 Å². The van der Waals surface area contributed by atoms with Crippen LogP contribution in [0.2, 0.25) is 0 Å². The quantitative estimate of drug-likeness (QED) is 0.469. The zero-order valence-electron chi connectivity index (χ0n) is 18.0. The first kappa shape index (κ1) is 23.3. The third-order valence-electron chi connectivity index (χ3n) is 5.48. The minimum Gasteiger partial charge on any atom is -0.322 e. The van der Waals surface area contributed by atoms with Crippen LogP contribution in [0.4, 0.5) is 33.7 Å². The van der Waals surface area contributed by atoms with Crippen LogP contribution in [0.5, 0.6) is 0 Å². The van der Waals surface area contributed by atoms with Gasteiger partial charge in [-0.3, -0.25) is 9.69 Å². The molecular weight excluding hydrogens is 450 g/mol. The van der Waals surface area contributed by atoms with Gasteiger partial charge in [-0.25, -0.2) is 9.18 Å². The lowest BCUT2D eigenvalue weighted by molar-refractivity contribution is -0.137. The molecule has 1 N–H and O–H groups in total. The Bertz CT molecular complexity index is 1180. The molecule has 9 heteroatoms. The van der Waals surface area contributed by atoms with Gasteiger partial charge in [0.15, 0.2) is 0 Å². The van der Waals surface area contributed by atoms with Crippen LogP contribution in [0.25, 0.3) is 0 Å². The molecule has 3 aromatic rings. The van der Waals surface area contributed by atoms with Crippen molar-refractivity contribution in [3.8, 4) is 0 Å². The van der Waals surface area contributed by atoms with E-state index in [0.717, 1.165) is 30.7 Å². The van der Waals surface area contributed by atoms with Crippen LogP contribution in [-0.4, -0.2) is 29.9 Å². The molecule has 0 atom stereocenters. The van der Waals surface area contributed by atoms with Crippen LogP contribution >= 0.6 is 0 Å². The lowest BCUT2D eigenvalue weighted by Gasteiger charge is -2.35. The van der Waals surface area contributed by atoms with Gasteiger partial charge in [0.2, 0.25) is 0 Å². The second kappa shape index (κ2) is 9.54. The van der Waals surface area contributed by atoms with Crippen molar-refractivity contribution in [1.29, 1.82) is 0 Å². The van der Waals surface area contributed by atoms with Crippen molar-refractivity contribution in [1.82, 2.24) is 4.90 Å². The van der Waals surface area contributed by atoms with Crippen LogP contribution in [0.1, 0.15) is 27.9 Å². The first-order valence-corrected chi connectivity index (χ1v) is 10.6. The van der Waals surface area contributed by atoms with Crippen molar-refractivity contribution < 1.29 is 27.2 Å². The number of rotatable bonds is 5. The highest BCUT2D eigenvalue weighted by Crippen LogP contribution is 2.29. The third-order valence-corrected chi connectivity index (χ3v) is 5.48. The molecule has 1 aliphatic rings. The molecule has 1 aliphatic heterocycles. The third kappa shape index (κ3) is 5.36. The summed E-state index contributed by atoms with van der Waals surface area (Å²) in [4.78, 5) is 28.6. The fourth-order valence-corrected chi connectivity index (χ4v) is 3.76. The molecule has 0 unspecified atom stereocenters. The van der Waals surface area contributed by atoms with Crippen LogP contribution in [0.15, 0.2) is 72.8 Å². The molecule has 1 heterocycles. The monoisotopic (exact) mass is 471 g/mol. The van der Waals surface area contributed by atoms with E-state index in [2.05, 4.69) is 5.32 Å². The van der Waals surface area contributed by atoms with Crippen LogP contribution in [0.3, 0.4) is 0 Å². The number of benzene rings is 3. The van der Waals surface area contributed by atoms with Gasteiger partial charge in [0.1, 0.15) is 5.82 Å². The van der Waals surface area contributed by atoms with Gasteiger partial charge < -0.3 is 10.2 Å². The second-order valence-electron chi connectivity index (χ2n) is 7.92. The first-order chi connectivity index (χ1) is 16.2. The zero-order chi connectivity index (χ0) is 24.3. The maximum absolute atomic E-state index is 13.5. The molecule has 3 aromatic carbocycles. The van der Waals surface area contributed by atoms with E-state index in [4.69, 9.17) is 0 Å². The molecule has 0 saturated carbocycles. The molecule has 0 radical (unpaired) electrons. The van der Waals surface area contributed by atoms with Gasteiger partial charge in [0, 0.05) is 36.6 Å². The number of anilines is 2. The average molecular weight is 471 g/mol. The Morgan fingerprint density at radius 2 is 1.65 bits per heavy atom. The minimum atomic E-state index is -4.47. The average Bonchev–Trinajstić information content (AvgIpc) is 2.81. The standard InChI is InChI=1S/C25H21F4N3O2/c26-20-4-1-3-17(15-20)16-31-13-2-14-32(24(31)34)22-11-9-21(10-12-22)30-23(33)18-5-7-19(8-6-18)25(27,28)29/h1,3-12,15H,2,13-14,16H2,(H,30,33). The van der Waals surface area contributed by atoms with Crippen LogP contribution in [0, 0.1) is 5.82 Å². The summed E-state index contributed by atoms with van der Waals surface area (Å²) in [5.74, 6) is -0.899. The van der Waals surface area contributed by atoms with Gasteiger partial charge in [0.25, 0.3) is 5.91 Å².